The van der Waals surface area contributed by atoms with E-state index < -0.39 is 0 Å². The molecule has 0 radical (unpaired) electrons. The van der Waals surface area contributed by atoms with Crippen molar-refractivity contribution < 1.29 is 4.79 Å². The number of para-hydroxylation sites is 1. The van der Waals surface area contributed by atoms with E-state index in [0.717, 1.165) is 10.0 Å². The molecular weight excluding hydrogens is 370 g/mol. The zero-order chi connectivity index (χ0) is 17.1. The Morgan fingerprint density at radius 3 is 2.67 bits per heavy atom. The van der Waals surface area contributed by atoms with E-state index in [2.05, 4.69) is 21.0 Å². The van der Waals surface area contributed by atoms with Crippen LogP contribution in [0.4, 0.5) is 0 Å². The highest BCUT2D eigenvalue weighted by Gasteiger charge is 2.13. The first-order valence-corrected chi connectivity index (χ1v) is 8.28. The summed E-state index contributed by atoms with van der Waals surface area (Å²) >= 11 is 3.49. The number of fused-ring (bicyclic) bond motifs is 1. The quantitative estimate of drug-likeness (QED) is 0.693. The van der Waals surface area contributed by atoms with Crippen LogP contribution in [0.25, 0.3) is 10.9 Å². The third kappa shape index (κ3) is 3.38. The molecule has 0 aliphatic carbocycles. The van der Waals surface area contributed by atoms with Crippen molar-refractivity contribution in [1.29, 1.82) is 0 Å². The number of likely N-dealkylation sites (N-methyl/N-ethyl adjacent to an activating group) is 1. The van der Waals surface area contributed by atoms with Crippen molar-refractivity contribution >= 4 is 32.7 Å². The van der Waals surface area contributed by atoms with Crippen LogP contribution in [-0.2, 0) is 17.9 Å². The standard InChI is InChI=1S/C18H16BrN3O2/c1-21(11-13-6-2-4-8-15(13)19)18(24)12-22-16-9-5-3-7-14(16)17(23)10-20-22/h2-10H,11-12H2,1H3. The Morgan fingerprint density at radius 1 is 1.17 bits per heavy atom. The second-order valence-corrected chi connectivity index (χ2v) is 6.38. The minimum absolute atomic E-state index is 0.0768. The second-order valence-electron chi connectivity index (χ2n) is 5.52. The average molecular weight is 386 g/mol. The highest BCUT2D eigenvalue weighted by atomic mass is 79.9. The van der Waals surface area contributed by atoms with E-state index in [1.807, 2.05) is 30.3 Å². The lowest BCUT2D eigenvalue weighted by Crippen LogP contribution is -2.31. The molecule has 1 amide bonds. The maximum absolute atomic E-state index is 12.5. The van der Waals surface area contributed by atoms with Crippen molar-refractivity contribution in [2.24, 2.45) is 0 Å². The van der Waals surface area contributed by atoms with E-state index in [0.29, 0.717) is 17.4 Å². The van der Waals surface area contributed by atoms with Gasteiger partial charge in [0.25, 0.3) is 0 Å². The third-order valence-electron chi connectivity index (χ3n) is 3.84. The molecule has 0 aliphatic rings. The number of carbonyl (C=O) groups is 1. The fourth-order valence-electron chi connectivity index (χ4n) is 2.51. The zero-order valence-corrected chi connectivity index (χ0v) is 14.7. The van der Waals surface area contributed by atoms with Gasteiger partial charge in [0.2, 0.25) is 11.3 Å². The van der Waals surface area contributed by atoms with Crippen LogP contribution in [0.15, 0.2) is 64.0 Å². The molecule has 0 N–H and O–H groups in total. The molecular formula is C18H16BrN3O2. The predicted molar refractivity (Wildman–Crippen MR) is 96.6 cm³/mol. The maximum Gasteiger partial charge on any atom is 0.244 e. The minimum Gasteiger partial charge on any atom is -0.340 e. The summed E-state index contributed by atoms with van der Waals surface area (Å²) in [5, 5.41) is 4.66. The Hall–Kier alpha value is -2.47. The second kappa shape index (κ2) is 6.97. The Kier molecular flexibility index (Phi) is 4.76. The molecule has 0 bridgehead atoms. The number of aromatic nitrogens is 2. The van der Waals surface area contributed by atoms with E-state index in [4.69, 9.17) is 0 Å². The van der Waals surface area contributed by atoms with Gasteiger partial charge < -0.3 is 4.90 Å². The molecule has 3 aromatic rings. The van der Waals surface area contributed by atoms with E-state index >= 15 is 0 Å². The normalized spacial score (nSPS) is 10.8. The number of nitrogens with zero attached hydrogens (tertiary/aromatic N) is 3. The molecule has 1 aromatic heterocycles. The van der Waals surface area contributed by atoms with Crippen molar-refractivity contribution in [2.75, 3.05) is 7.05 Å². The van der Waals surface area contributed by atoms with Gasteiger partial charge in [0.1, 0.15) is 6.54 Å². The van der Waals surface area contributed by atoms with Crippen LogP contribution in [0, 0.1) is 0 Å². The molecule has 0 fully saturated rings. The lowest BCUT2D eigenvalue weighted by Gasteiger charge is -2.19. The number of benzene rings is 2. The summed E-state index contributed by atoms with van der Waals surface area (Å²) in [5.74, 6) is -0.0768. The lowest BCUT2D eigenvalue weighted by molar-refractivity contribution is -0.131. The van der Waals surface area contributed by atoms with Crippen LogP contribution >= 0.6 is 15.9 Å². The fourth-order valence-corrected chi connectivity index (χ4v) is 2.92. The summed E-state index contributed by atoms with van der Waals surface area (Å²) in [7, 11) is 1.76. The highest BCUT2D eigenvalue weighted by molar-refractivity contribution is 9.10. The van der Waals surface area contributed by atoms with Crippen LogP contribution in [-0.4, -0.2) is 27.6 Å². The molecule has 6 heteroatoms. The molecule has 0 aliphatic heterocycles. The van der Waals surface area contributed by atoms with Crippen LogP contribution in [0.2, 0.25) is 0 Å². The van der Waals surface area contributed by atoms with Gasteiger partial charge in [0.15, 0.2) is 0 Å². The number of hydrogen-bond acceptors (Lipinski definition) is 3. The first-order valence-electron chi connectivity index (χ1n) is 7.48. The van der Waals surface area contributed by atoms with Gasteiger partial charge in [-0.1, -0.05) is 46.3 Å². The molecule has 3 rings (SSSR count). The molecule has 122 valence electrons. The highest BCUT2D eigenvalue weighted by Crippen LogP contribution is 2.17. The van der Waals surface area contributed by atoms with Gasteiger partial charge in [-0.3, -0.25) is 14.3 Å². The summed E-state index contributed by atoms with van der Waals surface area (Å²) in [5.41, 5.74) is 1.55. The van der Waals surface area contributed by atoms with Gasteiger partial charge in [0, 0.05) is 23.5 Å². The largest absolute Gasteiger partial charge is 0.340 e. The molecule has 2 aromatic carbocycles. The van der Waals surface area contributed by atoms with Gasteiger partial charge in [-0.25, -0.2) is 0 Å². The number of amides is 1. The van der Waals surface area contributed by atoms with Crippen molar-refractivity contribution in [3.05, 3.63) is 75.0 Å². The Morgan fingerprint density at radius 2 is 1.88 bits per heavy atom. The third-order valence-corrected chi connectivity index (χ3v) is 4.61. The topological polar surface area (TPSA) is 55.2 Å². The Labute approximate surface area is 147 Å². The molecule has 0 unspecified atom stereocenters. The van der Waals surface area contributed by atoms with Crippen LogP contribution in [0.3, 0.4) is 0 Å². The number of halogens is 1. The summed E-state index contributed by atoms with van der Waals surface area (Å²) in [6, 6.07) is 15.0. The van der Waals surface area contributed by atoms with Gasteiger partial charge >= 0.3 is 0 Å². The van der Waals surface area contributed by atoms with Crippen molar-refractivity contribution in [3.8, 4) is 0 Å². The Bertz CT molecular complexity index is 952. The summed E-state index contributed by atoms with van der Waals surface area (Å²) in [6.45, 7) is 0.583. The molecule has 0 atom stereocenters. The van der Waals surface area contributed by atoms with Crippen molar-refractivity contribution in [2.45, 2.75) is 13.1 Å². The number of hydrogen-bond donors (Lipinski definition) is 0. The molecule has 0 saturated heterocycles. The minimum atomic E-state index is -0.143. The average Bonchev–Trinajstić information content (AvgIpc) is 2.59. The van der Waals surface area contributed by atoms with Gasteiger partial charge in [0.05, 0.1) is 11.7 Å². The smallest absolute Gasteiger partial charge is 0.244 e. The van der Waals surface area contributed by atoms with E-state index in [1.165, 1.54) is 6.20 Å². The van der Waals surface area contributed by atoms with E-state index in [-0.39, 0.29) is 17.9 Å². The summed E-state index contributed by atoms with van der Waals surface area (Å²) in [6.07, 6.45) is 1.25. The summed E-state index contributed by atoms with van der Waals surface area (Å²) in [4.78, 5) is 26.0. The zero-order valence-electron chi connectivity index (χ0n) is 13.1. The fraction of sp³-hybridized carbons (Fsp3) is 0.167. The Balaban J connectivity index is 1.81. The molecule has 0 spiro atoms. The van der Waals surface area contributed by atoms with Crippen LogP contribution in [0.1, 0.15) is 5.56 Å². The van der Waals surface area contributed by atoms with Crippen molar-refractivity contribution in [3.63, 3.8) is 0 Å². The van der Waals surface area contributed by atoms with E-state index in [9.17, 15) is 9.59 Å². The van der Waals surface area contributed by atoms with Gasteiger partial charge in [-0.2, -0.15) is 5.10 Å². The number of rotatable bonds is 4. The van der Waals surface area contributed by atoms with Crippen LogP contribution in [0.5, 0.6) is 0 Å². The molecule has 5 nitrogen and oxygen atoms in total. The summed E-state index contributed by atoms with van der Waals surface area (Å²) < 4.78 is 2.53. The molecule has 0 saturated carbocycles. The number of carbonyl (C=O) groups excluding carboxylic acids is 1. The maximum atomic E-state index is 12.5. The van der Waals surface area contributed by atoms with Crippen molar-refractivity contribution in [1.82, 2.24) is 14.7 Å². The SMILES string of the molecule is CN(Cc1ccccc1Br)C(=O)Cn1ncc(=O)c2ccccc21. The first kappa shape index (κ1) is 16.4. The first-order chi connectivity index (χ1) is 11.6. The monoisotopic (exact) mass is 385 g/mol. The molecule has 24 heavy (non-hydrogen) atoms. The van der Waals surface area contributed by atoms with Crippen LogP contribution < -0.4 is 5.43 Å². The van der Waals surface area contributed by atoms with Gasteiger partial charge in [-0.15, -0.1) is 0 Å². The van der Waals surface area contributed by atoms with Gasteiger partial charge in [-0.05, 0) is 23.8 Å². The van der Waals surface area contributed by atoms with E-state index in [1.54, 1.807) is 34.8 Å². The lowest BCUT2D eigenvalue weighted by atomic mass is 10.2. The predicted octanol–water partition coefficient (Wildman–Crippen LogP) is 2.82. The molecule has 1 heterocycles.